The number of aliphatic hydroxyl groups excluding tert-OH is 1. The molecule has 4 N–H and O–H groups in total. The minimum absolute atomic E-state index is 0.124. The second-order valence-corrected chi connectivity index (χ2v) is 7.80. The Morgan fingerprint density at radius 1 is 1.52 bits per heavy atom. The Kier molecular flexibility index (Phi) is 4.78. The molecule has 0 radical (unpaired) electrons. The first kappa shape index (κ1) is 20.2. The molecule has 0 spiro atoms. The third-order valence-electron chi connectivity index (χ3n) is 4.29. The lowest BCUT2D eigenvalue weighted by molar-refractivity contribution is -0.219. The average molecular weight is 376 g/mol. The van der Waals surface area contributed by atoms with Crippen LogP contribution in [0.2, 0.25) is 0 Å². The Bertz CT molecular complexity index is 855. The third kappa shape index (κ3) is 3.55. The van der Waals surface area contributed by atoms with E-state index in [-0.39, 0.29) is 5.56 Å². The van der Waals surface area contributed by atoms with E-state index >= 15 is 4.39 Å². The number of alkyl halides is 1. The summed E-state index contributed by atoms with van der Waals surface area (Å²) in [6.07, 6.45) is -1.19. The number of rotatable bonds is 4. The number of aryl methyl sites for hydroxylation is 1. The molecule has 10 nitrogen and oxygen atoms in total. The van der Waals surface area contributed by atoms with Gasteiger partial charge in [-0.1, -0.05) is 0 Å². The van der Waals surface area contributed by atoms with Gasteiger partial charge in [0.25, 0.3) is 5.56 Å². The Labute approximate surface area is 143 Å². The fourth-order valence-electron chi connectivity index (χ4n) is 2.72. The first-order chi connectivity index (χ1) is 11.1. The Balaban J connectivity index is 2.50. The number of ether oxygens (including phenoxy) is 1. The maximum atomic E-state index is 15.3. The third-order valence-corrected chi connectivity index (χ3v) is 4.98. The standard InChI is InChI=1S/C10H17B3FN2O8P/c1-4-3-16(7(19)15-6(4)18)9(11)5(17)2-8(14,23-9)10(12,13)24-25(20,21)22/h3,5,17H,2,11-13H2,1H3,(H,15,18,19)(H2,20,21,22)/t5-,8+,9+/m1/s1. The molecule has 0 amide bonds. The highest BCUT2D eigenvalue weighted by molar-refractivity contribution is 7.46. The van der Waals surface area contributed by atoms with Crippen molar-refractivity contribution < 1.29 is 33.1 Å². The topological polar surface area (TPSA) is 151 Å². The molecule has 1 aliphatic heterocycles. The summed E-state index contributed by atoms with van der Waals surface area (Å²) in [6, 6.07) is 0. The Morgan fingerprint density at radius 2 is 2.08 bits per heavy atom. The smallest absolute Gasteiger partial charge is 0.389 e. The summed E-state index contributed by atoms with van der Waals surface area (Å²) in [7, 11) is -1.75. The van der Waals surface area contributed by atoms with Crippen molar-refractivity contribution in [3.05, 3.63) is 32.6 Å². The lowest BCUT2D eigenvalue weighted by atomic mass is 9.60. The van der Waals surface area contributed by atoms with Gasteiger partial charge in [-0.3, -0.25) is 18.9 Å². The lowest BCUT2D eigenvalue weighted by Gasteiger charge is -2.39. The summed E-state index contributed by atoms with van der Waals surface area (Å²) in [5.41, 5.74) is -3.39. The normalized spacial score (nSPS) is 30.5. The number of aliphatic hydroxyl groups is 1. The molecule has 136 valence electrons. The zero-order valence-corrected chi connectivity index (χ0v) is 14.9. The molecule has 3 atom stereocenters. The van der Waals surface area contributed by atoms with Crippen LogP contribution in [0.25, 0.3) is 0 Å². The molecular weight excluding hydrogens is 359 g/mol. The summed E-state index contributed by atoms with van der Waals surface area (Å²) in [5, 5.41) is 8.17. The molecule has 1 fully saturated rings. The van der Waals surface area contributed by atoms with E-state index in [0.29, 0.717) is 0 Å². The molecule has 1 aliphatic rings. The fourth-order valence-corrected chi connectivity index (χ4v) is 3.45. The van der Waals surface area contributed by atoms with E-state index in [9.17, 15) is 19.3 Å². The number of phosphoric acid groups is 1. The molecule has 0 aromatic carbocycles. The number of nitrogens with zero attached hydrogens (tertiary/aromatic N) is 1. The van der Waals surface area contributed by atoms with Crippen molar-refractivity contribution in [3.63, 3.8) is 0 Å². The zero-order valence-electron chi connectivity index (χ0n) is 14.0. The Morgan fingerprint density at radius 3 is 2.60 bits per heavy atom. The maximum Gasteiger partial charge on any atom is 0.468 e. The van der Waals surface area contributed by atoms with Crippen molar-refractivity contribution in [1.82, 2.24) is 9.55 Å². The maximum absolute atomic E-state index is 15.3. The van der Waals surface area contributed by atoms with E-state index in [1.807, 2.05) is 4.98 Å². The number of phosphoric ester groups is 1. The second-order valence-electron chi connectivity index (χ2n) is 6.64. The zero-order chi connectivity index (χ0) is 19.4. The summed E-state index contributed by atoms with van der Waals surface area (Å²) in [4.78, 5) is 43.5. The molecule has 0 bridgehead atoms. The number of H-pyrrole nitrogens is 1. The van der Waals surface area contributed by atoms with E-state index < -0.39 is 48.5 Å². The molecule has 1 aromatic rings. The lowest BCUT2D eigenvalue weighted by Crippen LogP contribution is -2.56. The molecule has 25 heavy (non-hydrogen) atoms. The largest absolute Gasteiger partial charge is 0.468 e. The minimum Gasteiger partial charge on any atom is -0.389 e. The molecule has 0 saturated carbocycles. The van der Waals surface area contributed by atoms with E-state index in [4.69, 9.17) is 14.5 Å². The van der Waals surface area contributed by atoms with Crippen molar-refractivity contribution >= 4 is 31.4 Å². The number of aromatic nitrogens is 2. The predicted molar refractivity (Wildman–Crippen MR) is 91.1 cm³/mol. The van der Waals surface area contributed by atoms with Crippen molar-refractivity contribution in [2.45, 2.75) is 36.3 Å². The van der Waals surface area contributed by atoms with Gasteiger partial charge >= 0.3 is 13.5 Å². The highest BCUT2D eigenvalue weighted by Gasteiger charge is 2.63. The van der Waals surface area contributed by atoms with Crippen LogP contribution in [0.5, 0.6) is 0 Å². The molecule has 2 heterocycles. The van der Waals surface area contributed by atoms with Crippen LogP contribution < -0.4 is 11.2 Å². The SMILES string of the molecule is BC(B)(OP(=O)(O)O)[C@]1(F)C[C@@H](O)[C@](B)(n2cc(C)c(=O)[nH]c2=O)O1. The van der Waals surface area contributed by atoms with Crippen LogP contribution in [-0.4, -0.2) is 65.3 Å². The monoisotopic (exact) mass is 376 g/mol. The van der Waals surface area contributed by atoms with Crippen LogP contribution in [0, 0.1) is 6.92 Å². The predicted octanol–water partition coefficient (Wildman–Crippen LogP) is -4.44. The van der Waals surface area contributed by atoms with E-state index in [2.05, 4.69) is 4.52 Å². The van der Waals surface area contributed by atoms with Crippen LogP contribution in [0.15, 0.2) is 15.8 Å². The van der Waals surface area contributed by atoms with Gasteiger partial charge in [0, 0.05) is 18.2 Å². The Hall–Kier alpha value is -1.17. The van der Waals surface area contributed by atoms with Crippen LogP contribution in [0.1, 0.15) is 12.0 Å². The van der Waals surface area contributed by atoms with Gasteiger partial charge in [0.2, 0.25) is 5.85 Å². The van der Waals surface area contributed by atoms with Gasteiger partial charge < -0.3 is 19.6 Å². The second kappa shape index (κ2) is 5.93. The van der Waals surface area contributed by atoms with Crippen LogP contribution in [0.4, 0.5) is 4.39 Å². The molecular formula is C10H17B3FN2O8P. The summed E-state index contributed by atoms with van der Waals surface area (Å²) >= 11 is 0. The number of hydrogen-bond donors (Lipinski definition) is 4. The quantitative estimate of drug-likeness (QED) is 0.304. The molecule has 15 heteroatoms. The minimum atomic E-state index is -5.06. The van der Waals surface area contributed by atoms with E-state index in [1.54, 1.807) is 0 Å². The molecule has 1 saturated heterocycles. The van der Waals surface area contributed by atoms with Crippen molar-refractivity contribution in [3.8, 4) is 0 Å². The first-order valence-electron chi connectivity index (χ1n) is 7.28. The van der Waals surface area contributed by atoms with Gasteiger partial charge in [-0.15, -0.1) is 0 Å². The number of aromatic amines is 1. The number of hydrogen-bond acceptors (Lipinski definition) is 6. The highest BCUT2D eigenvalue weighted by atomic mass is 31.2. The van der Waals surface area contributed by atoms with Gasteiger partial charge in [0.1, 0.15) is 21.3 Å². The molecule has 1 aromatic heterocycles. The fraction of sp³-hybridized carbons (Fsp3) is 0.600. The summed E-state index contributed by atoms with van der Waals surface area (Å²) in [6.45, 7) is 1.41. The van der Waals surface area contributed by atoms with E-state index in [1.165, 1.54) is 14.8 Å². The molecule has 2 rings (SSSR count). The van der Waals surface area contributed by atoms with Crippen molar-refractivity contribution in [2.24, 2.45) is 0 Å². The molecule has 0 unspecified atom stereocenters. The van der Waals surface area contributed by atoms with Gasteiger partial charge in [0.05, 0.1) is 11.5 Å². The average Bonchev–Trinajstić information content (AvgIpc) is 2.63. The van der Waals surface area contributed by atoms with E-state index in [0.717, 1.165) is 26.5 Å². The van der Waals surface area contributed by atoms with Crippen molar-refractivity contribution in [2.75, 3.05) is 0 Å². The number of halogens is 1. The van der Waals surface area contributed by atoms with Crippen LogP contribution in [0.3, 0.4) is 0 Å². The molecule has 0 aliphatic carbocycles. The van der Waals surface area contributed by atoms with Gasteiger partial charge in [-0.05, 0) is 6.92 Å². The van der Waals surface area contributed by atoms with Gasteiger partial charge in [-0.2, -0.15) is 0 Å². The first-order valence-corrected chi connectivity index (χ1v) is 8.81. The van der Waals surface area contributed by atoms with Crippen LogP contribution >= 0.6 is 7.82 Å². The summed E-state index contributed by atoms with van der Waals surface area (Å²) < 4.78 is 37.0. The van der Waals surface area contributed by atoms with Gasteiger partial charge in [0.15, 0.2) is 7.85 Å². The summed E-state index contributed by atoms with van der Waals surface area (Å²) in [5.74, 6) is -2.83. The van der Waals surface area contributed by atoms with Crippen molar-refractivity contribution in [1.29, 1.82) is 0 Å². The number of nitrogens with one attached hydrogen (secondary N) is 1. The van der Waals surface area contributed by atoms with Gasteiger partial charge in [-0.25, -0.2) is 13.8 Å². The highest BCUT2D eigenvalue weighted by Crippen LogP contribution is 2.50. The van der Waals surface area contributed by atoms with Crippen LogP contribution in [-0.2, 0) is 19.4 Å².